The molecular weight excluding hydrogens is 204 g/mol. The molecule has 1 N–H and O–H groups in total. The molecule has 0 aromatic heterocycles. The van der Waals surface area contributed by atoms with Crippen molar-refractivity contribution in [2.75, 3.05) is 14.2 Å². The van der Waals surface area contributed by atoms with Crippen LogP contribution in [0.2, 0.25) is 0 Å². The fourth-order valence-corrected chi connectivity index (χ4v) is 2.42. The smallest absolute Gasteiger partial charge is 0.126 e. The van der Waals surface area contributed by atoms with Crippen LogP contribution in [-0.2, 0) is 0 Å². The van der Waals surface area contributed by atoms with Crippen molar-refractivity contribution in [3.05, 3.63) is 23.3 Å². The standard InChI is InChI=1S/C13H18O3/c1-8-4-5-11(14)10-6-9(15-2)7-12(16-3)13(8)10/h6-8,11,14H,4-5H2,1-3H3/t8?,11-/m1/s1. The molecule has 0 radical (unpaired) electrons. The molecule has 1 aliphatic carbocycles. The zero-order chi connectivity index (χ0) is 11.7. The van der Waals surface area contributed by atoms with Crippen molar-refractivity contribution in [2.24, 2.45) is 0 Å². The van der Waals surface area contributed by atoms with Crippen LogP contribution in [0.1, 0.15) is 42.9 Å². The van der Waals surface area contributed by atoms with Crippen molar-refractivity contribution < 1.29 is 14.6 Å². The molecule has 1 aromatic carbocycles. The largest absolute Gasteiger partial charge is 0.497 e. The molecule has 0 heterocycles. The summed E-state index contributed by atoms with van der Waals surface area (Å²) in [6.07, 6.45) is 1.41. The Hall–Kier alpha value is -1.22. The molecular formula is C13H18O3. The molecule has 0 spiro atoms. The first-order valence-electron chi connectivity index (χ1n) is 5.61. The van der Waals surface area contributed by atoms with Crippen LogP contribution in [0.25, 0.3) is 0 Å². The van der Waals surface area contributed by atoms with E-state index < -0.39 is 6.10 Å². The molecule has 1 aliphatic rings. The monoisotopic (exact) mass is 222 g/mol. The van der Waals surface area contributed by atoms with Gasteiger partial charge in [-0.1, -0.05) is 6.92 Å². The highest BCUT2D eigenvalue weighted by Gasteiger charge is 2.27. The Kier molecular flexibility index (Phi) is 3.06. The van der Waals surface area contributed by atoms with Crippen LogP contribution in [0.15, 0.2) is 12.1 Å². The number of ether oxygens (including phenoxy) is 2. The summed E-state index contributed by atoms with van der Waals surface area (Å²) < 4.78 is 10.6. The highest BCUT2D eigenvalue weighted by molar-refractivity contribution is 5.50. The van der Waals surface area contributed by atoms with Gasteiger partial charge in [-0.3, -0.25) is 0 Å². The summed E-state index contributed by atoms with van der Waals surface area (Å²) in [7, 11) is 3.28. The fraction of sp³-hybridized carbons (Fsp3) is 0.538. The Labute approximate surface area is 96.0 Å². The van der Waals surface area contributed by atoms with Crippen LogP contribution < -0.4 is 9.47 Å². The second-order valence-corrected chi connectivity index (χ2v) is 4.33. The van der Waals surface area contributed by atoms with E-state index in [9.17, 15) is 5.11 Å². The second-order valence-electron chi connectivity index (χ2n) is 4.33. The summed E-state index contributed by atoms with van der Waals surface area (Å²) in [6.45, 7) is 2.17. The quantitative estimate of drug-likeness (QED) is 0.836. The molecule has 1 unspecified atom stereocenters. The summed E-state index contributed by atoms with van der Waals surface area (Å²) in [5.74, 6) is 1.99. The number of hydrogen-bond acceptors (Lipinski definition) is 3. The molecule has 1 aromatic rings. The van der Waals surface area contributed by atoms with E-state index in [1.807, 2.05) is 12.1 Å². The Bertz CT molecular complexity index is 387. The third-order valence-corrected chi connectivity index (χ3v) is 3.33. The van der Waals surface area contributed by atoms with Crippen LogP contribution in [0.5, 0.6) is 11.5 Å². The van der Waals surface area contributed by atoms with Gasteiger partial charge in [-0.05, 0) is 30.4 Å². The third kappa shape index (κ3) is 1.76. The maximum absolute atomic E-state index is 10.0. The Morgan fingerprint density at radius 3 is 2.56 bits per heavy atom. The molecule has 88 valence electrons. The van der Waals surface area contributed by atoms with Crippen molar-refractivity contribution >= 4 is 0 Å². The van der Waals surface area contributed by atoms with E-state index in [-0.39, 0.29) is 0 Å². The predicted octanol–water partition coefficient (Wildman–Crippen LogP) is 2.63. The SMILES string of the molecule is COc1cc(OC)c2c(c1)[C@H](O)CCC2C. The van der Waals surface area contributed by atoms with E-state index in [4.69, 9.17) is 9.47 Å². The fourth-order valence-electron chi connectivity index (χ4n) is 2.42. The molecule has 2 rings (SSSR count). The van der Waals surface area contributed by atoms with Gasteiger partial charge >= 0.3 is 0 Å². The number of aliphatic hydroxyl groups excluding tert-OH is 1. The lowest BCUT2D eigenvalue weighted by molar-refractivity contribution is 0.150. The van der Waals surface area contributed by atoms with Gasteiger partial charge in [-0.15, -0.1) is 0 Å². The maximum Gasteiger partial charge on any atom is 0.126 e. The molecule has 0 fully saturated rings. The molecule has 0 aliphatic heterocycles. The van der Waals surface area contributed by atoms with Gasteiger partial charge in [0.05, 0.1) is 20.3 Å². The van der Waals surface area contributed by atoms with Gasteiger partial charge in [0.15, 0.2) is 0 Å². The molecule has 0 bridgehead atoms. The number of fused-ring (bicyclic) bond motifs is 1. The molecule has 0 amide bonds. The van der Waals surface area contributed by atoms with Gasteiger partial charge < -0.3 is 14.6 Å². The highest BCUT2D eigenvalue weighted by Crippen LogP contribution is 2.44. The average molecular weight is 222 g/mol. The van der Waals surface area contributed by atoms with Crippen LogP contribution in [0.3, 0.4) is 0 Å². The number of rotatable bonds is 2. The van der Waals surface area contributed by atoms with Crippen molar-refractivity contribution in [1.82, 2.24) is 0 Å². The van der Waals surface area contributed by atoms with Crippen molar-refractivity contribution in [3.8, 4) is 11.5 Å². The summed E-state index contributed by atoms with van der Waals surface area (Å²) in [5.41, 5.74) is 2.08. The van der Waals surface area contributed by atoms with Gasteiger partial charge in [0, 0.05) is 11.6 Å². The number of benzene rings is 1. The highest BCUT2D eigenvalue weighted by atomic mass is 16.5. The molecule has 2 atom stereocenters. The molecule has 0 saturated carbocycles. The summed E-state index contributed by atoms with van der Waals surface area (Å²) in [5, 5.41) is 10.0. The maximum atomic E-state index is 10.0. The van der Waals surface area contributed by atoms with Crippen molar-refractivity contribution in [2.45, 2.75) is 31.8 Å². The Morgan fingerprint density at radius 1 is 1.19 bits per heavy atom. The first-order valence-corrected chi connectivity index (χ1v) is 5.61. The molecule has 3 heteroatoms. The lowest BCUT2D eigenvalue weighted by atomic mass is 9.81. The first kappa shape index (κ1) is 11.3. The zero-order valence-electron chi connectivity index (χ0n) is 9.99. The van der Waals surface area contributed by atoms with E-state index in [1.54, 1.807) is 14.2 Å². The number of methoxy groups -OCH3 is 2. The van der Waals surface area contributed by atoms with E-state index in [0.29, 0.717) is 5.92 Å². The average Bonchev–Trinajstić information content (AvgIpc) is 2.32. The lowest BCUT2D eigenvalue weighted by Gasteiger charge is -2.28. The first-order chi connectivity index (χ1) is 7.67. The van der Waals surface area contributed by atoms with E-state index in [0.717, 1.165) is 35.5 Å². The molecule has 0 saturated heterocycles. The molecule has 16 heavy (non-hydrogen) atoms. The Morgan fingerprint density at radius 2 is 1.94 bits per heavy atom. The lowest BCUT2D eigenvalue weighted by Crippen LogP contribution is -2.14. The normalized spacial score (nSPS) is 23.8. The van der Waals surface area contributed by atoms with Crippen LogP contribution in [0, 0.1) is 0 Å². The van der Waals surface area contributed by atoms with Crippen LogP contribution >= 0.6 is 0 Å². The summed E-state index contributed by atoms with van der Waals surface area (Å²) >= 11 is 0. The topological polar surface area (TPSA) is 38.7 Å². The Balaban J connectivity index is 2.58. The minimum atomic E-state index is -0.393. The minimum Gasteiger partial charge on any atom is -0.497 e. The van der Waals surface area contributed by atoms with Crippen molar-refractivity contribution in [3.63, 3.8) is 0 Å². The zero-order valence-corrected chi connectivity index (χ0v) is 9.99. The second kappa shape index (κ2) is 4.34. The van der Waals surface area contributed by atoms with E-state index >= 15 is 0 Å². The van der Waals surface area contributed by atoms with Crippen molar-refractivity contribution in [1.29, 1.82) is 0 Å². The summed E-state index contributed by atoms with van der Waals surface area (Å²) in [4.78, 5) is 0. The van der Waals surface area contributed by atoms with Crippen LogP contribution in [0.4, 0.5) is 0 Å². The minimum absolute atomic E-state index is 0.393. The van der Waals surface area contributed by atoms with Gasteiger partial charge in [-0.2, -0.15) is 0 Å². The summed E-state index contributed by atoms with van der Waals surface area (Å²) in [6, 6.07) is 3.80. The van der Waals surface area contributed by atoms with Gasteiger partial charge in [0.2, 0.25) is 0 Å². The number of hydrogen-bond donors (Lipinski definition) is 1. The van der Waals surface area contributed by atoms with Crippen LogP contribution in [-0.4, -0.2) is 19.3 Å². The van der Waals surface area contributed by atoms with E-state index in [2.05, 4.69) is 6.92 Å². The predicted molar refractivity (Wildman–Crippen MR) is 62.2 cm³/mol. The van der Waals surface area contributed by atoms with Gasteiger partial charge in [-0.25, -0.2) is 0 Å². The molecule has 3 nitrogen and oxygen atoms in total. The number of aliphatic hydroxyl groups is 1. The van der Waals surface area contributed by atoms with E-state index in [1.165, 1.54) is 0 Å². The van der Waals surface area contributed by atoms with Gasteiger partial charge in [0.1, 0.15) is 11.5 Å². The third-order valence-electron chi connectivity index (χ3n) is 3.33. The van der Waals surface area contributed by atoms with Gasteiger partial charge in [0.25, 0.3) is 0 Å².